The van der Waals surface area contributed by atoms with Crippen LogP contribution in [0.1, 0.15) is 17.0 Å². The van der Waals surface area contributed by atoms with E-state index >= 15 is 0 Å². The third kappa shape index (κ3) is 1.67. The molecule has 5 nitrogen and oxygen atoms in total. The predicted molar refractivity (Wildman–Crippen MR) is 86.0 cm³/mol. The predicted octanol–water partition coefficient (Wildman–Crippen LogP) is 2.93. The van der Waals surface area contributed by atoms with Crippen molar-refractivity contribution in [1.82, 2.24) is 10.2 Å². The van der Waals surface area contributed by atoms with Gasteiger partial charge in [-0.1, -0.05) is 30.3 Å². The van der Waals surface area contributed by atoms with E-state index in [1.165, 1.54) is 0 Å². The summed E-state index contributed by atoms with van der Waals surface area (Å²) in [6.07, 6.45) is 1.82. The fraction of sp³-hybridized carbons (Fsp3) is 0.111. The number of hydrogen-bond donors (Lipinski definition) is 2. The van der Waals surface area contributed by atoms with Crippen LogP contribution in [0.4, 0.5) is 5.69 Å². The lowest BCUT2D eigenvalue weighted by Crippen LogP contribution is -2.20. The van der Waals surface area contributed by atoms with E-state index in [-0.39, 0.29) is 11.9 Å². The molecular formula is C18H13N3O2. The number of hydrogen-bond acceptors (Lipinski definition) is 4. The fourth-order valence-corrected chi connectivity index (χ4v) is 3.56. The van der Waals surface area contributed by atoms with E-state index in [1.807, 2.05) is 36.5 Å². The first kappa shape index (κ1) is 12.5. The minimum Gasteiger partial charge on any atom is -0.456 e. The van der Waals surface area contributed by atoms with Crippen molar-refractivity contribution in [3.8, 4) is 0 Å². The highest BCUT2D eigenvalue weighted by atomic mass is 16.5. The maximum Gasteiger partial charge on any atom is 0.337 e. The number of nitrogens with zero attached hydrogens (tertiary/aromatic N) is 1. The largest absolute Gasteiger partial charge is 0.456 e. The zero-order valence-electron chi connectivity index (χ0n) is 12.2. The maximum atomic E-state index is 12.3. The van der Waals surface area contributed by atoms with Gasteiger partial charge >= 0.3 is 5.97 Å². The van der Waals surface area contributed by atoms with Gasteiger partial charge in [0.05, 0.1) is 23.0 Å². The number of carbonyl (C=O) groups excluding carboxylic acids is 1. The molecule has 0 saturated heterocycles. The molecule has 0 fully saturated rings. The number of anilines is 1. The van der Waals surface area contributed by atoms with Crippen LogP contribution in [0.15, 0.2) is 59.9 Å². The summed E-state index contributed by atoms with van der Waals surface area (Å²) in [5, 5.41) is 11.5. The molecule has 1 unspecified atom stereocenters. The molecular weight excluding hydrogens is 290 g/mol. The molecule has 2 aliphatic heterocycles. The SMILES string of the molecule is O=C1OCC2=C1C(c1ccccc1)c1c(ccc3[nH]ncc13)N2. The number of cyclic esters (lactones) is 1. The molecule has 1 atom stereocenters. The van der Waals surface area contributed by atoms with Gasteiger partial charge in [0, 0.05) is 17.0 Å². The third-order valence-electron chi connectivity index (χ3n) is 4.55. The number of ether oxygens (including phenoxy) is 1. The van der Waals surface area contributed by atoms with Crippen molar-refractivity contribution in [2.75, 3.05) is 11.9 Å². The fourth-order valence-electron chi connectivity index (χ4n) is 3.56. The van der Waals surface area contributed by atoms with E-state index in [0.717, 1.165) is 33.4 Å². The molecule has 23 heavy (non-hydrogen) atoms. The van der Waals surface area contributed by atoms with Gasteiger partial charge in [-0.2, -0.15) is 5.10 Å². The number of nitrogens with one attached hydrogen (secondary N) is 2. The molecule has 0 saturated carbocycles. The van der Waals surface area contributed by atoms with Gasteiger partial charge in [-0.05, 0) is 23.3 Å². The number of aromatic nitrogens is 2. The summed E-state index contributed by atoms with van der Waals surface area (Å²) < 4.78 is 5.28. The van der Waals surface area contributed by atoms with Crippen molar-refractivity contribution in [2.24, 2.45) is 0 Å². The van der Waals surface area contributed by atoms with E-state index in [4.69, 9.17) is 4.74 Å². The van der Waals surface area contributed by atoms with Gasteiger partial charge in [0.1, 0.15) is 6.61 Å². The zero-order chi connectivity index (χ0) is 15.4. The van der Waals surface area contributed by atoms with Gasteiger partial charge in [0.25, 0.3) is 0 Å². The van der Waals surface area contributed by atoms with Crippen LogP contribution in [-0.2, 0) is 9.53 Å². The maximum absolute atomic E-state index is 12.3. The number of carbonyl (C=O) groups is 1. The smallest absolute Gasteiger partial charge is 0.337 e. The molecule has 2 N–H and O–H groups in total. The number of rotatable bonds is 1. The molecule has 0 bridgehead atoms. The Morgan fingerprint density at radius 1 is 1.13 bits per heavy atom. The summed E-state index contributed by atoms with van der Waals surface area (Å²) >= 11 is 0. The van der Waals surface area contributed by atoms with Crippen molar-refractivity contribution in [3.63, 3.8) is 0 Å². The Balaban J connectivity index is 1.85. The first-order chi connectivity index (χ1) is 11.3. The standard InChI is InChI=1S/C18H13N3O2/c22-18-17-14(9-23-18)20-13-7-6-12-11(8-19-21-12)16(13)15(17)10-4-2-1-3-5-10/h1-8,15,20H,9H2,(H,19,21). The third-order valence-corrected chi connectivity index (χ3v) is 4.55. The average Bonchev–Trinajstić information content (AvgIpc) is 3.20. The zero-order valence-corrected chi connectivity index (χ0v) is 12.2. The lowest BCUT2D eigenvalue weighted by molar-refractivity contribution is -0.136. The second-order valence-corrected chi connectivity index (χ2v) is 5.80. The Labute approximate surface area is 132 Å². The Hall–Kier alpha value is -3.08. The van der Waals surface area contributed by atoms with Gasteiger partial charge in [0.2, 0.25) is 0 Å². The Kier molecular flexibility index (Phi) is 2.42. The number of esters is 1. The highest BCUT2D eigenvalue weighted by Gasteiger charge is 2.39. The Morgan fingerprint density at radius 2 is 2.00 bits per heavy atom. The normalized spacial score (nSPS) is 19.3. The summed E-state index contributed by atoms with van der Waals surface area (Å²) in [5.41, 5.74) is 5.68. The van der Waals surface area contributed by atoms with Crippen LogP contribution in [0, 0.1) is 0 Å². The molecule has 2 aromatic carbocycles. The summed E-state index contributed by atoms with van der Waals surface area (Å²) in [7, 11) is 0. The summed E-state index contributed by atoms with van der Waals surface area (Å²) in [6.45, 7) is 0.306. The van der Waals surface area contributed by atoms with Crippen molar-refractivity contribution in [1.29, 1.82) is 0 Å². The van der Waals surface area contributed by atoms with Gasteiger partial charge < -0.3 is 10.1 Å². The number of aromatic amines is 1. The quantitative estimate of drug-likeness (QED) is 0.678. The van der Waals surface area contributed by atoms with Crippen LogP contribution in [-0.4, -0.2) is 22.8 Å². The lowest BCUT2D eigenvalue weighted by atomic mass is 9.80. The van der Waals surface area contributed by atoms with Crippen LogP contribution in [0.3, 0.4) is 0 Å². The van der Waals surface area contributed by atoms with Crippen molar-refractivity contribution < 1.29 is 9.53 Å². The van der Waals surface area contributed by atoms with E-state index in [9.17, 15) is 4.79 Å². The number of fused-ring (bicyclic) bond motifs is 3. The van der Waals surface area contributed by atoms with E-state index < -0.39 is 0 Å². The summed E-state index contributed by atoms with van der Waals surface area (Å²) in [5.74, 6) is -0.383. The average molecular weight is 303 g/mol. The number of H-pyrrole nitrogens is 1. The Morgan fingerprint density at radius 3 is 2.87 bits per heavy atom. The van der Waals surface area contributed by atoms with E-state index in [0.29, 0.717) is 12.2 Å². The van der Waals surface area contributed by atoms with Gasteiger partial charge in [-0.25, -0.2) is 4.79 Å². The van der Waals surface area contributed by atoms with Crippen LogP contribution >= 0.6 is 0 Å². The number of benzene rings is 2. The second kappa shape index (κ2) is 4.46. The molecule has 3 heterocycles. The molecule has 1 aromatic heterocycles. The molecule has 0 aliphatic carbocycles. The van der Waals surface area contributed by atoms with Gasteiger partial charge in [-0.15, -0.1) is 0 Å². The lowest BCUT2D eigenvalue weighted by Gasteiger charge is -2.27. The molecule has 0 spiro atoms. The molecule has 5 rings (SSSR count). The summed E-state index contributed by atoms with van der Waals surface area (Å²) in [6, 6.07) is 14.1. The summed E-state index contributed by atoms with van der Waals surface area (Å²) in [4.78, 5) is 12.3. The van der Waals surface area contributed by atoms with E-state index in [2.05, 4.69) is 27.6 Å². The van der Waals surface area contributed by atoms with Gasteiger partial charge in [-0.3, -0.25) is 5.10 Å². The molecule has 5 heteroatoms. The highest BCUT2D eigenvalue weighted by molar-refractivity contribution is 6.00. The second-order valence-electron chi connectivity index (χ2n) is 5.80. The van der Waals surface area contributed by atoms with Crippen molar-refractivity contribution >= 4 is 22.6 Å². The van der Waals surface area contributed by atoms with E-state index in [1.54, 1.807) is 0 Å². The molecule has 2 aliphatic rings. The van der Waals surface area contributed by atoms with Crippen LogP contribution < -0.4 is 5.32 Å². The van der Waals surface area contributed by atoms with Crippen molar-refractivity contribution in [2.45, 2.75) is 5.92 Å². The first-order valence-corrected chi connectivity index (χ1v) is 7.51. The van der Waals surface area contributed by atoms with Crippen molar-refractivity contribution in [3.05, 3.63) is 71.1 Å². The Bertz CT molecular complexity index is 972. The highest BCUT2D eigenvalue weighted by Crippen LogP contribution is 2.46. The molecule has 0 radical (unpaired) electrons. The van der Waals surface area contributed by atoms with Gasteiger partial charge in [0.15, 0.2) is 0 Å². The minimum atomic E-state index is -0.243. The first-order valence-electron chi connectivity index (χ1n) is 7.51. The molecule has 3 aromatic rings. The molecule has 0 amide bonds. The molecule has 112 valence electrons. The topological polar surface area (TPSA) is 67.0 Å². The van der Waals surface area contributed by atoms with Crippen LogP contribution in [0.2, 0.25) is 0 Å². The minimum absolute atomic E-state index is 0.140. The van der Waals surface area contributed by atoms with Crippen LogP contribution in [0.25, 0.3) is 10.9 Å². The van der Waals surface area contributed by atoms with Crippen LogP contribution in [0.5, 0.6) is 0 Å². The monoisotopic (exact) mass is 303 g/mol.